The van der Waals surface area contributed by atoms with E-state index in [2.05, 4.69) is 211 Å². The van der Waals surface area contributed by atoms with Gasteiger partial charge in [-0.25, -0.2) is 15.0 Å². The lowest BCUT2D eigenvalue weighted by Gasteiger charge is -2.17. The second-order valence-corrected chi connectivity index (χ2v) is 17.0. The van der Waals surface area contributed by atoms with E-state index in [1.807, 2.05) is 11.3 Å². The van der Waals surface area contributed by atoms with Crippen LogP contribution in [0, 0.1) is 0 Å². The Bertz CT molecular complexity index is 3930. The fourth-order valence-corrected chi connectivity index (χ4v) is 10.7. The largest absolute Gasteiger partial charge is 0.308 e. The van der Waals surface area contributed by atoms with Crippen molar-refractivity contribution < 1.29 is 0 Å². The Kier molecular flexibility index (Phi) is 7.74. The maximum atomic E-state index is 5.58. The summed E-state index contributed by atoms with van der Waals surface area (Å²) in [5, 5.41) is 11.7. The van der Waals surface area contributed by atoms with Crippen molar-refractivity contribution in [1.82, 2.24) is 19.5 Å². The minimum Gasteiger partial charge on any atom is -0.308 e. The Balaban J connectivity index is 1.19. The SMILES string of the molecule is c1ccc(-c2cccc(-c3nc(-c4cccc5ccccc45)nc(-c4c(-n5c6cc7ccccc7cc6c6ccc7ccccc7c65)ccc5sc6ccccc6c45)n3)c2)cc1. The lowest BCUT2D eigenvalue weighted by molar-refractivity contribution is 1.07. The molecule has 0 spiro atoms. The van der Waals surface area contributed by atoms with Crippen LogP contribution in [0.5, 0.6) is 0 Å². The van der Waals surface area contributed by atoms with Crippen LogP contribution in [0.15, 0.2) is 206 Å². The molecule has 0 N–H and O–H groups in total. The van der Waals surface area contributed by atoms with Crippen molar-refractivity contribution in [2.24, 2.45) is 0 Å². The topological polar surface area (TPSA) is 43.6 Å². The average molecular weight is 807 g/mol. The molecule has 0 aliphatic rings. The van der Waals surface area contributed by atoms with E-state index in [1.165, 1.54) is 47.1 Å². The van der Waals surface area contributed by atoms with Crippen LogP contribution in [-0.4, -0.2) is 19.5 Å². The van der Waals surface area contributed by atoms with Crippen molar-refractivity contribution in [1.29, 1.82) is 0 Å². The van der Waals surface area contributed by atoms with E-state index in [1.54, 1.807) is 0 Å². The van der Waals surface area contributed by atoms with Crippen molar-refractivity contribution >= 4 is 85.6 Å². The summed E-state index contributed by atoms with van der Waals surface area (Å²) in [7, 11) is 0. The van der Waals surface area contributed by atoms with E-state index < -0.39 is 0 Å². The fraction of sp³-hybridized carbons (Fsp3) is 0. The Labute approximate surface area is 360 Å². The molecule has 0 radical (unpaired) electrons. The first-order valence-electron chi connectivity index (χ1n) is 20.9. The number of rotatable bonds is 5. The molecule has 0 aliphatic carbocycles. The Hall–Kier alpha value is -7.99. The molecule has 5 heteroatoms. The summed E-state index contributed by atoms with van der Waals surface area (Å²) in [6, 6.07) is 73.9. The summed E-state index contributed by atoms with van der Waals surface area (Å²) >= 11 is 1.81. The zero-order valence-electron chi connectivity index (χ0n) is 33.3. The Morgan fingerprint density at radius 1 is 0.355 bits per heavy atom. The van der Waals surface area contributed by atoms with Crippen molar-refractivity contribution in [3.8, 4) is 51.0 Å². The van der Waals surface area contributed by atoms with Crippen LogP contribution >= 0.6 is 11.3 Å². The smallest absolute Gasteiger partial charge is 0.166 e. The van der Waals surface area contributed by atoms with Gasteiger partial charge in [-0.3, -0.25) is 0 Å². The highest BCUT2D eigenvalue weighted by atomic mass is 32.1. The third kappa shape index (κ3) is 5.42. The average Bonchev–Trinajstić information content (AvgIpc) is 3.88. The van der Waals surface area contributed by atoms with Gasteiger partial charge in [0, 0.05) is 47.5 Å². The molecule has 3 aromatic heterocycles. The van der Waals surface area contributed by atoms with E-state index in [0.717, 1.165) is 60.7 Å². The highest BCUT2D eigenvalue weighted by Gasteiger charge is 2.25. The standard InChI is InChI=1S/C57H34N4S/c1-2-14-35(15-3-1)38-21-12-22-41(32-38)55-58-56(45-26-13-20-36-16-6-8-23-42(36)45)60-57(59-55)53-48(30-31-51-52(53)46-25-10-11-27-50(46)62-51)61-49-34-40-19-5-4-18-39(40)33-47(49)44-29-28-37-17-7-9-24-43(37)54(44)61/h1-34H. The van der Waals surface area contributed by atoms with Gasteiger partial charge >= 0.3 is 0 Å². The van der Waals surface area contributed by atoms with Gasteiger partial charge in [-0.2, -0.15) is 0 Å². The molecule has 62 heavy (non-hydrogen) atoms. The van der Waals surface area contributed by atoms with E-state index in [-0.39, 0.29) is 0 Å². The summed E-state index contributed by atoms with van der Waals surface area (Å²) in [4.78, 5) is 16.5. The number of aromatic nitrogens is 4. The van der Waals surface area contributed by atoms with Gasteiger partial charge in [0.1, 0.15) is 0 Å². The first-order valence-corrected chi connectivity index (χ1v) is 21.7. The maximum absolute atomic E-state index is 5.58. The predicted octanol–water partition coefficient (Wildman–Crippen LogP) is 15.5. The third-order valence-corrected chi connectivity index (χ3v) is 13.5. The molecule has 13 aromatic rings. The van der Waals surface area contributed by atoms with Crippen molar-refractivity contribution in [3.05, 3.63) is 206 Å². The van der Waals surface area contributed by atoms with Gasteiger partial charge in [-0.1, -0.05) is 170 Å². The Morgan fingerprint density at radius 3 is 1.84 bits per heavy atom. The zero-order chi connectivity index (χ0) is 40.7. The number of hydrogen-bond acceptors (Lipinski definition) is 4. The minimum absolute atomic E-state index is 0.622. The fourth-order valence-electron chi connectivity index (χ4n) is 9.56. The minimum atomic E-state index is 0.622. The molecule has 0 bridgehead atoms. The molecule has 0 fully saturated rings. The molecule has 288 valence electrons. The molecular weight excluding hydrogens is 773 g/mol. The zero-order valence-corrected chi connectivity index (χ0v) is 34.1. The van der Waals surface area contributed by atoms with Gasteiger partial charge in [0.25, 0.3) is 0 Å². The van der Waals surface area contributed by atoms with Crippen LogP contribution in [0.3, 0.4) is 0 Å². The van der Waals surface area contributed by atoms with Crippen LogP contribution in [-0.2, 0) is 0 Å². The molecule has 0 saturated carbocycles. The summed E-state index contributed by atoms with van der Waals surface area (Å²) in [5.74, 6) is 1.88. The monoisotopic (exact) mass is 806 g/mol. The molecule has 3 heterocycles. The molecule has 13 rings (SSSR count). The normalized spacial score (nSPS) is 11.9. The predicted molar refractivity (Wildman–Crippen MR) is 261 cm³/mol. The molecule has 0 amide bonds. The summed E-state index contributed by atoms with van der Waals surface area (Å²) in [6.45, 7) is 0. The third-order valence-electron chi connectivity index (χ3n) is 12.4. The first kappa shape index (κ1) is 34.8. The number of benzene rings is 10. The van der Waals surface area contributed by atoms with Crippen molar-refractivity contribution in [2.75, 3.05) is 0 Å². The highest BCUT2D eigenvalue weighted by Crippen LogP contribution is 2.46. The number of hydrogen-bond donors (Lipinski definition) is 0. The van der Waals surface area contributed by atoms with Crippen LogP contribution in [0.4, 0.5) is 0 Å². The van der Waals surface area contributed by atoms with Gasteiger partial charge in [0.2, 0.25) is 0 Å². The van der Waals surface area contributed by atoms with Crippen LogP contribution in [0.2, 0.25) is 0 Å². The van der Waals surface area contributed by atoms with Crippen LogP contribution < -0.4 is 0 Å². The number of nitrogens with zero attached hydrogens (tertiary/aromatic N) is 4. The summed E-state index contributed by atoms with van der Waals surface area (Å²) in [5.41, 5.74) is 8.42. The van der Waals surface area contributed by atoms with Gasteiger partial charge < -0.3 is 4.57 Å². The molecule has 0 aliphatic heterocycles. The Morgan fingerprint density at radius 2 is 0.984 bits per heavy atom. The molecular formula is C57H34N4S. The van der Waals surface area contributed by atoms with E-state index in [0.29, 0.717) is 17.5 Å². The van der Waals surface area contributed by atoms with Crippen molar-refractivity contribution in [3.63, 3.8) is 0 Å². The number of fused-ring (bicyclic) bond motifs is 10. The summed E-state index contributed by atoms with van der Waals surface area (Å²) < 4.78 is 4.89. The molecule has 4 nitrogen and oxygen atoms in total. The molecule has 10 aromatic carbocycles. The van der Waals surface area contributed by atoms with E-state index in [9.17, 15) is 0 Å². The van der Waals surface area contributed by atoms with Crippen molar-refractivity contribution in [2.45, 2.75) is 0 Å². The van der Waals surface area contributed by atoms with Gasteiger partial charge in [-0.15, -0.1) is 11.3 Å². The lowest BCUT2D eigenvalue weighted by atomic mass is 10.0. The second-order valence-electron chi connectivity index (χ2n) is 15.9. The second kappa shape index (κ2) is 13.8. The first-order chi connectivity index (χ1) is 30.7. The maximum Gasteiger partial charge on any atom is 0.166 e. The molecule has 0 unspecified atom stereocenters. The van der Waals surface area contributed by atoms with Crippen LogP contribution in [0.1, 0.15) is 0 Å². The summed E-state index contributed by atoms with van der Waals surface area (Å²) in [6.07, 6.45) is 0. The lowest BCUT2D eigenvalue weighted by Crippen LogP contribution is -2.04. The van der Waals surface area contributed by atoms with Crippen LogP contribution in [0.25, 0.3) is 125 Å². The number of thiophene rings is 1. The molecule has 0 atom stereocenters. The quantitative estimate of drug-likeness (QED) is 0.174. The highest BCUT2D eigenvalue weighted by molar-refractivity contribution is 7.26. The van der Waals surface area contributed by atoms with E-state index >= 15 is 0 Å². The van der Waals surface area contributed by atoms with Gasteiger partial charge in [0.05, 0.1) is 22.3 Å². The molecule has 0 saturated heterocycles. The van der Waals surface area contributed by atoms with Gasteiger partial charge in [0.15, 0.2) is 17.5 Å². The van der Waals surface area contributed by atoms with Gasteiger partial charge in [-0.05, 0) is 74.5 Å². The van der Waals surface area contributed by atoms with E-state index in [4.69, 9.17) is 15.0 Å².